The third-order valence-corrected chi connectivity index (χ3v) is 8.96. The summed E-state index contributed by atoms with van der Waals surface area (Å²) in [4.78, 5) is 47.1. The van der Waals surface area contributed by atoms with E-state index in [4.69, 9.17) is 19.1 Å². The van der Waals surface area contributed by atoms with Crippen molar-refractivity contribution in [1.82, 2.24) is 0 Å². The summed E-state index contributed by atoms with van der Waals surface area (Å²) in [5.74, 6) is -1.35. The second-order valence-corrected chi connectivity index (χ2v) is 14.8. The number of aliphatic hydroxyl groups excluding tert-OH is 2. The molecule has 0 bridgehead atoms. The number of esters is 2. The second kappa shape index (κ2) is 38.7. The predicted octanol–water partition coefficient (Wildman–Crippen LogP) is 9.84. The molecule has 0 rings (SSSR count). The average Bonchev–Trinajstić information content (AvgIpc) is 3.18. The van der Waals surface area contributed by atoms with E-state index in [0.717, 1.165) is 70.6 Å². The number of hydrogen-bond acceptors (Lipinski definition) is 10. The molecule has 12 heteroatoms. The van der Waals surface area contributed by atoms with Gasteiger partial charge in [-0.1, -0.05) is 125 Å². The normalized spacial score (nSPS) is 14.7. The van der Waals surface area contributed by atoms with Gasteiger partial charge in [-0.15, -0.1) is 0 Å². The molecule has 1 unspecified atom stereocenters. The van der Waals surface area contributed by atoms with Gasteiger partial charge in [0, 0.05) is 19.3 Å². The Morgan fingerprint density at radius 2 is 1.16 bits per heavy atom. The Balaban J connectivity index is 4.57. The molecule has 0 aliphatic rings. The molecule has 11 nitrogen and oxygen atoms in total. The van der Waals surface area contributed by atoms with Crippen LogP contribution in [0.1, 0.15) is 136 Å². The maximum atomic E-state index is 12.6. The van der Waals surface area contributed by atoms with Crippen LogP contribution in [0.25, 0.3) is 0 Å². The van der Waals surface area contributed by atoms with Crippen molar-refractivity contribution in [3.8, 4) is 0 Å². The van der Waals surface area contributed by atoms with Crippen molar-refractivity contribution >= 4 is 25.5 Å². The zero-order chi connectivity index (χ0) is 41.4. The number of aliphatic hydroxyl groups is 2. The van der Waals surface area contributed by atoms with Gasteiger partial charge in [-0.3, -0.25) is 23.4 Å². The number of hydrogen-bond donors (Lipinski definition) is 3. The Morgan fingerprint density at radius 3 is 1.80 bits per heavy atom. The van der Waals surface area contributed by atoms with Crippen LogP contribution in [0.3, 0.4) is 0 Å². The second-order valence-electron chi connectivity index (χ2n) is 13.3. The number of phosphoric ester groups is 1. The number of ketones is 1. The van der Waals surface area contributed by atoms with Gasteiger partial charge in [-0.25, -0.2) is 4.57 Å². The third kappa shape index (κ3) is 37.7. The van der Waals surface area contributed by atoms with E-state index in [-0.39, 0.29) is 31.5 Å². The fraction of sp³-hybridized carbons (Fsp3) is 0.614. The monoisotopic (exact) mass is 806 g/mol. The van der Waals surface area contributed by atoms with Crippen molar-refractivity contribution in [3.63, 3.8) is 0 Å². The number of allylic oxidation sites excluding steroid dienone is 14. The summed E-state index contributed by atoms with van der Waals surface area (Å²) in [6.07, 6.45) is 41.3. The first kappa shape index (κ1) is 52.8. The average molecular weight is 807 g/mol. The van der Waals surface area contributed by atoms with E-state index in [0.29, 0.717) is 6.42 Å². The van der Waals surface area contributed by atoms with Gasteiger partial charge in [0.25, 0.3) is 0 Å². The van der Waals surface area contributed by atoms with Crippen molar-refractivity contribution < 1.29 is 52.6 Å². The number of ether oxygens (including phenoxy) is 2. The first-order chi connectivity index (χ1) is 27.1. The van der Waals surface area contributed by atoms with Gasteiger partial charge >= 0.3 is 19.8 Å². The molecular formula is C44H71O11P. The molecule has 0 aliphatic carbocycles. The first-order valence-electron chi connectivity index (χ1n) is 20.5. The minimum Gasteiger partial charge on any atom is -0.462 e. The van der Waals surface area contributed by atoms with E-state index in [1.807, 2.05) is 6.08 Å². The summed E-state index contributed by atoms with van der Waals surface area (Å²) >= 11 is 0. The van der Waals surface area contributed by atoms with Crippen LogP contribution in [-0.4, -0.2) is 71.5 Å². The molecule has 3 N–H and O–H groups in total. The molecule has 0 aromatic rings. The topological polar surface area (TPSA) is 166 Å². The lowest BCUT2D eigenvalue weighted by Gasteiger charge is -2.20. The van der Waals surface area contributed by atoms with E-state index >= 15 is 0 Å². The van der Waals surface area contributed by atoms with E-state index in [1.165, 1.54) is 25.3 Å². The Labute approximate surface area is 336 Å². The number of phosphoric acid groups is 1. The van der Waals surface area contributed by atoms with E-state index < -0.39 is 58.4 Å². The molecule has 0 aromatic carbocycles. The minimum atomic E-state index is -4.68. The molecule has 56 heavy (non-hydrogen) atoms. The Hall–Kier alpha value is -3.18. The van der Waals surface area contributed by atoms with Crippen LogP contribution >= 0.6 is 7.82 Å². The molecule has 0 aromatic heterocycles. The van der Waals surface area contributed by atoms with Crippen molar-refractivity contribution in [2.75, 3.05) is 26.4 Å². The first-order valence-corrected chi connectivity index (χ1v) is 22.0. The van der Waals surface area contributed by atoms with Gasteiger partial charge in [0.15, 0.2) is 11.9 Å². The SMILES string of the molecule is CC/C=C\C/C=C\C/C=C\CCCCCCCC(=O)O[C@H](COC(=O)CCCC(=O)/C=C/C=C\C/C=C\C/C=C\CCCCC)COP(=O)(O)OC[C@@H](O)CO. The molecule has 318 valence electrons. The number of carbonyl (C=O) groups excluding carboxylic acids is 3. The highest BCUT2D eigenvalue weighted by atomic mass is 31.2. The molecular weight excluding hydrogens is 735 g/mol. The zero-order valence-corrected chi connectivity index (χ0v) is 35.0. The maximum absolute atomic E-state index is 12.6. The van der Waals surface area contributed by atoms with Crippen LogP contribution in [0.5, 0.6) is 0 Å². The van der Waals surface area contributed by atoms with Gasteiger partial charge in [0.1, 0.15) is 12.7 Å². The third-order valence-electron chi connectivity index (χ3n) is 8.01. The molecule has 0 heterocycles. The summed E-state index contributed by atoms with van der Waals surface area (Å²) in [6, 6.07) is 0. The van der Waals surface area contributed by atoms with Gasteiger partial charge < -0.3 is 24.6 Å². The number of carbonyl (C=O) groups is 3. The van der Waals surface area contributed by atoms with E-state index in [2.05, 4.69) is 79.1 Å². The highest BCUT2D eigenvalue weighted by Crippen LogP contribution is 2.43. The van der Waals surface area contributed by atoms with Gasteiger partial charge in [-0.05, 0) is 76.7 Å². The number of unbranched alkanes of at least 4 members (excludes halogenated alkanes) is 8. The van der Waals surface area contributed by atoms with Gasteiger partial charge in [0.05, 0.1) is 19.8 Å². The van der Waals surface area contributed by atoms with Crippen molar-refractivity contribution in [2.45, 2.75) is 148 Å². The maximum Gasteiger partial charge on any atom is 0.472 e. The summed E-state index contributed by atoms with van der Waals surface area (Å²) in [5.41, 5.74) is 0. The molecule has 0 fully saturated rings. The Kier molecular flexibility index (Phi) is 36.5. The number of rotatable bonds is 37. The standard InChI is InChI=1S/C44H71O11P/c1-3-5-7-9-11-13-15-17-18-20-22-24-26-28-30-34-44(49)55-42(39-54-56(50,51)53-37-41(47)36-45)38-52-43(48)35-31-33-40(46)32-29-27-25-23-21-19-16-14-12-10-8-6-4-2/h5,7,11-14,17-19,21,25,27,29,32,41-42,45,47H,3-4,6,8-10,15-16,20,22-24,26,28,30-31,33-39H2,1-2H3,(H,50,51)/b7-5-,13-11-,14-12-,18-17-,21-19-,27-25-,32-29+/t41-,42+/m0/s1. The van der Waals surface area contributed by atoms with Crippen molar-refractivity contribution in [1.29, 1.82) is 0 Å². The van der Waals surface area contributed by atoms with Gasteiger partial charge in [0.2, 0.25) is 0 Å². The van der Waals surface area contributed by atoms with Gasteiger partial charge in [-0.2, -0.15) is 0 Å². The van der Waals surface area contributed by atoms with Crippen LogP contribution in [0.2, 0.25) is 0 Å². The van der Waals surface area contributed by atoms with Crippen LogP contribution < -0.4 is 0 Å². The molecule has 3 atom stereocenters. The lowest BCUT2D eigenvalue weighted by molar-refractivity contribution is -0.161. The van der Waals surface area contributed by atoms with Crippen LogP contribution in [0.4, 0.5) is 0 Å². The predicted molar refractivity (Wildman–Crippen MR) is 224 cm³/mol. The highest BCUT2D eigenvalue weighted by molar-refractivity contribution is 7.47. The molecule has 0 spiro atoms. The lowest BCUT2D eigenvalue weighted by Crippen LogP contribution is -2.29. The van der Waals surface area contributed by atoms with Crippen LogP contribution in [0, 0.1) is 0 Å². The zero-order valence-electron chi connectivity index (χ0n) is 34.1. The van der Waals surface area contributed by atoms with Crippen molar-refractivity contribution in [3.05, 3.63) is 85.1 Å². The van der Waals surface area contributed by atoms with Crippen LogP contribution in [0.15, 0.2) is 85.1 Å². The minimum absolute atomic E-state index is 0.0563. The highest BCUT2D eigenvalue weighted by Gasteiger charge is 2.27. The quantitative estimate of drug-likeness (QED) is 0.0137. The van der Waals surface area contributed by atoms with E-state index in [9.17, 15) is 28.9 Å². The fourth-order valence-electron chi connectivity index (χ4n) is 4.84. The van der Waals surface area contributed by atoms with Crippen molar-refractivity contribution in [2.24, 2.45) is 0 Å². The lowest BCUT2D eigenvalue weighted by atomic mass is 10.1. The molecule has 0 saturated heterocycles. The Morgan fingerprint density at radius 1 is 0.607 bits per heavy atom. The molecule has 0 aliphatic heterocycles. The fourth-order valence-corrected chi connectivity index (χ4v) is 5.63. The van der Waals surface area contributed by atoms with E-state index in [1.54, 1.807) is 12.2 Å². The molecule has 0 radical (unpaired) electrons. The summed E-state index contributed by atoms with van der Waals surface area (Å²) in [6.45, 7) is 1.91. The molecule has 0 amide bonds. The van der Waals surface area contributed by atoms with Crippen LogP contribution in [-0.2, 0) is 37.5 Å². The summed E-state index contributed by atoms with van der Waals surface area (Å²) in [7, 11) is -4.68. The summed E-state index contributed by atoms with van der Waals surface area (Å²) < 4.78 is 32.4. The molecule has 0 saturated carbocycles. The smallest absolute Gasteiger partial charge is 0.462 e. The summed E-state index contributed by atoms with van der Waals surface area (Å²) in [5, 5.41) is 18.3. The largest absolute Gasteiger partial charge is 0.472 e. The Bertz CT molecular complexity index is 1270.